The van der Waals surface area contributed by atoms with Gasteiger partial charge in [0.25, 0.3) is 0 Å². The van der Waals surface area contributed by atoms with Gasteiger partial charge in [-0.25, -0.2) is 0 Å². The van der Waals surface area contributed by atoms with E-state index >= 15 is 0 Å². The maximum Gasteiger partial charge on any atom is 0.218 e. The SMILES string of the molecule is CC(=O)NC(C#N)c1ccc(SC(C)(C)C)cc1. The molecule has 0 aliphatic carbocycles. The van der Waals surface area contributed by atoms with Gasteiger partial charge in [0.1, 0.15) is 6.04 Å². The van der Waals surface area contributed by atoms with Crippen LogP contribution in [0.3, 0.4) is 0 Å². The highest BCUT2D eigenvalue weighted by Gasteiger charge is 2.14. The van der Waals surface area contributed by atoms with Crippen LogP contribution >= 0.6 is 11.8 Å². The van der Waals surface area contributed by atoms with Crippen molar-refractivity contribution in [3.8, 4) is 6.07 Å². The summed E-state index contributed by atoms with van der Waals surface area (Å²) < 4.78 is 0.160. The summed E-state index contributed by atoms with van der Waals surface area (Å²) in [6, 6.07) is 9.25. The molecule has 1 rings (SSSR count). The molecule has 0 spiro atoms. The molecule has 18 heavy (non-hydrogen) atoms. The van der Waals surface area contributed by atoms with Crippen molar-refractivity contribution in [2.45, 2.75) is 43.4 Å². The second kappa shape index (κ2) is 5.92. The van der Waals surface area contributed by atoms with E-state index in [0.717, 1.165) is 10.5 Å². The zero-order valence-electron chi connectivity index (χ0n) is 11.2. The number of nitrogens with one attached hydrogen (secondary N) is 1. The van der Waals surface area contributed by atoms with Gasteiger partial charge in [0.15, 0.2) is 0 Å². The fourth-order valence-electron chi connectivity index (χ4n) is 1.48. The second-order valence-electron chi connectivity index (χ2n) is 5.05. The van der Waals surface area contributed by atoms with Crippen molar-refractivity contribution < 1.29 is 4.79 Å². The van der Waals surface area contributed by atoms with Crippen LogP contribution in [0.25, 0.3) is 0 Å². The van der Waals surface area contributed by atoms with E-state index < -0.39 is 6.04 Å². The maximum atomic E-state index is 11.0. The van der Waals surface area contributed by atoms with Gasteiger partial charge >= 0.3 is 0 Å². The number of carbonyl (C=O) groups excluding carboxylic acids is 1. The van der Waals surface area contributed by atoms with Crippen molar-refractivity contribution in [2.24, 2.45) is 0 Å². The lowest BCUT2D eigenvalue weighted by Crippen LogP contribution is -2.24. The van der Waals surface area contributed by atoms with Crippen LogP contribution in [-0.4, -0.2) is 10.7 Å². The van der Waals surface area contributed by atoms with Gasteiger partial charge in [0, 0.05) is 16.6 Å². The van der Waals surface area contributed by atoms with E-state index in [2.05, 4.69) is 32.2 Å². The monoisotopic (exact) mass is 262 g/mol. The third-order valence-electron chi connectivity index (χ3n) is 2.11. The lowest BCUT2D eigenvalue weighted by molar-refractivity contribution is -0.119. The lowest BCUT2D eigenvalue weighted by Gasteiger charge is -2.18. The van der Waals surface area contributed by atoms with Gasteiger partial charge in [0.2, 0.25) is 5.91 Å². The molecule has 1 unspecified atom stereocenters. The molecule has 1 amide bonds. The average molecular weight is 262 g/mol. The van der Waals surface area contributed by atoms with E-state index in [4.69, 9.17) is 5.26 Å². The fourth-order valence-corrected chi connectivity index (χ4v) is 2.45. The molecule has 0 heterocycles. The summed E-state index contributed by atoms with van der Waals surface area (Å²) in [5.74, 6) is -0.199. The molecule has 3 nitrogen and oxygen atoms in total. The predicted octanol–water partition coefficient (Wildman–Crippen LogP) is 3.28. The van der Waals surface area contributed by atoms with Gasteiger partial charge in [-0.15, -0.1) is 11.8 Å². The summed E-state index contributed by atoms with van der Waals surface area (Å²) in [7, 11) is 0. The predicted molar refractivity (Wildman–Crippen MR) is 74.2 cm³/mol. The molecule has 4 heteroatoms. The van der Waals surface area contributed by atoms with Crippen molar-refractivity contribution in [2.75, 3.05) is 0 Å². The smallest absolute Gasteiger partial charge is 0.218 e. The molecular weight excluding hydrogens is 244 g/mol. The Balaban J connectivity index is 2.82. The first-order valence-corrected chi connectivity index (χ1v) is 6.59. The van der Waals surface area contributed by atoms with Gasteiger partial charge in [-0.2, -0.15) is 5.26 Å². The molecule has 1 atom stereocenters. The molecular formula is C14H18N2OS. The third kappa shape index (κ3) is 4.80. The van der Waals surface area contributed by atoms with Crippen molar-refractivity contribution in [1.29, 1.82) is 5.26 Å². The molecule has 96 valence electrons. The number of benzene rings is 1. The highest BCUT2D eigenvalue weighted by atomic mass is 32.2. The van der Waals surface area contributed by atoms with Gasteiger partial charge in [-0.3, -0.25) is 4.79 Å². The Kier molecular flexibility index (Phi) is 4.80. The van der Waals surface area contributed by atoms with Crippen molar-refractivity contribution in [3.63, 3.8) is 0 Å². The summed E-state index contributed by atoms with van der Waals surface area (Å²) in [5.41, 5.74) is 0.811. The number of carbonyl (C=O) groups is 1. The van der Waals surface area contributed by atoms with Crippen LogP contribution in [0.5, 0.6) is 0 Å². The topological polar surface area (TPSA) is 52.9 Å². The van der Waals surface area contributed by atoms with Crippen LogP contribution in [0.2, 0.25) is 0 Å². The summed E-state index contributed by atoms with van der Waals surface area (Å²) in [6.07, 6.45) is 0. The first kappa shape index (κ1) is 14.6. The molecule has 0 aliphatic heterocycles. The van der Waals surface area contributed by atoms with Gasteiger partial charge < -0.3 is 5.32 Å². The zero-order valence-corrected chi connectivity index (χ0v) is 12.0. The molecule has 1 N–H and O–H groups in total. The third-order valence-corrected chi connectivity index (χ3v) is 3.23. The Morgan fingerprint density at radius 2 is 1.89 bits per heavy atom. The number of amides is 1. The van der Waals surface area contributed by atoms with Gasteiger partial charge in [-0.1, -0.05) is 32.9 Å². The first-order valence-electron chi connectivity index (χ1n) is 5.77. The van der Waals surface area contributed by atoms with Crippen molar-refractivity contribution >= 4 is 17.7 Å². The maximum absolute atomic E-state index is 11.0. The summed E-state index contributed by atoms with van der Waals surface area (Å²) >= 11 is 1.77. The van der Waals surface area contributed by atoms with Crippen LogP contribution in [0.4, 0.5) is 0 Å². The molecule has 0 radical (unpaired) electrons. The van der Waals surface area contributed by atoms with E-state index in [9.17, 15) is 4.79 Å². The largest absolute Gasteiger partial charge is 0.337 e. The van der Waals surface area contributed by atoms with Crippen LogP contribution in [0, 0.1) is 11.3 Å². The number of nitrogens with zero attached hydrogens (tertiary/aromatic N) is 1. The normalized spacial score (nSPS) is 12.6. The van der Waals surface area contributed by atoms with Crippen LogP contribution < -0.4 is 5.32 Å². The standard InChI is InChI=1S/C14H18N2OS/c1-10(17)16-13(9-15)11-5-7-12(8-6-11)18-14(2,3)4/h5-8,13H,1-4H3,(H,16,17). The number of hydrogen-bond acceptors (Lipinski definition) is 3. The van der Waals surface area contributed by atoms with Crippen LogP contribution in [0.1, 0.15) is 39.3 Å². The van der Waals surface area contributed by atoms with Crippen LogP contribution in [-0.2, 0) is 4.79 Å². The fraction of sp³-hybridized carbons (Fsp3) is 0.429. The molecule has 1 aromatic carbocycles. The molecule has 1 aromatic rings. The quantitative estimate of drug-likeness (QED) is 0.850. The van der Waals surface area contributed by atoms with E-state index in [1.165, 1.54) is 6.92 Å². The van der Waals surface area contributed by atoms with Crippen molar-refractivity contribution in [3.05, 3.63) is 29.8 Å². The minimum absolute atomic E-state index is 0.160. The number of hydrogen-bond donors (Lipinski definition) is 1. The minimum atomic E-state index is -0.573. The Bertz CT molecular complexity index is 454. The zero-order chi connectivity index (χ0) is 13.8. The lowest BCUT2D eigenvalue weighted by atomic mass is 10.1. The molecule has 0 saturated carbocycles. The summed E-state index contributed by atoms with van der Waals surface area (Å²) in [5, 5.41) is 11.6. The Morgan fingerprint density at radius 1 is 1.33 bits per heavy atom. The Labute approximate surface area is 113 Å². The summed E-state index contributed by atoms with van der Waals surface area (Å²) in [4.78, 5) is 12.1. The number of thioether (sulfide) groups is 1. The molecule has 0 saturated heterocycles. The van der Waals surface area contributed by atoms with E-state index in [1.807, 2.05) is 24.3 Å². The van der Waals surface area contributed by atoms with Crippen LogP contribution in [0.15, 0.2) is 29.2 Å². The molecule has 0 aliphatic rings. The minimum Gasteiger partial charge on any atom is -0.337 e. The first-order chi connectivity index (χ1) is 8.31. The summed E-state index contributed by atoms with van der Waals surface area (Å²) in [6.45, 7) is 7.87. The Hall–Kier alpha value is -1.47. The van der Waals surface area contributed by atoms with E-state index in [1.54, 1.807) is 11.8 Å². The second-order valence-corrected chi connectivity index (χ2v) is 6.95. The molecule has 0 bridgehead atoms. The highest BCUT2D eigenvalue weighted by Crippen LogP contribution is 2.32. The average Bonchev–Trinajstić information content (AvgIpc) is 2.24. The molecule has 0 aromatic heterocycles. The van der Waals surface area contributed by atoms with Gasteiger partial charge in [-0.05, 0) is 17.7 Å². The number of nitriles is 1. The van der Waals surface area contributed by atoms with E-state index in [0.29, 0.717) is 0 Å². The van der Waals surface area contributed by atoms with E-state index in [-0.39, 0.29) is 10.7 Å². The number of rotatable bonds is 3. The Morgan fingerprint density at radius 3 is 2.28 bits per heavy atom. The highest BCUT2D eigenvalue weighted by molar-refractivity contribution is 8.00. The van der Waals surface area contributed by atoms with Crippen molar-refractivity contribution in [1.82, 2.24) is 5.32 Å². The molecule has 0 fully saturated rings. The van der Waals surface area contributed by atoms with Gasteiger partial charge in [0.05, 0.1) is 6.07 Å².